The van der Waals surface area contributed by atoms with Crippen molar-refractivity contribution < 1.29 is 14.3 Å². The molecule has 5 nitrogen and oxygen atoms in total. The van der Waals surface area contributed by atoms with Crippen LogP contribution >= 0.6 is 0 Å². The van der Waals surface area contributed by atoms with Gasteiger partial charge in [-0.25, -0.2) is 0 Å². The van der Waals surface area contributed by atoms with Crippen LogP contribution in [0.4, 0.5) is 0 Å². The third-order valence-corrected chi connectivity index (χ3v) is 5.96. The molecule has 5 heteroatoms. The Kier molecular flexibility index (Phi) is 4.95. The number of likely N-dealkylation sites (tertiary alicyclic amines) is 1. The maximum Gasteiger partial charge on any atom is 0.225 e. The highest BCUT2D eigenvalue weighted by molar-refractivity contribution is 5.84. The summed E-state index contributed by atoms with van der Waals surface area (Å²) in [6.07, 6.45) is 6.40. The summed E-state index contributed by atoms with van der Waals surface area (Å²) in [5.74, 6) is 0.253. The van der Waals surface area contributed by atoms with E-state index in [2.05, 4.69) is 5.32 Å². The van der Waals surface area contributed by atoms with Gasteiger partial charge in [0.1, 0.15) is 0 Å². The monoisotopic (exact) mass is 322 g/mol. The number of amides is 2. The van der Waals surface area contributed by atoms with Crippen LogP contribution in [0.15, 0.2) is 0 Å². The Morgan fingerprint density at radius 2 is 1.83 bits per heavy atom. The molecule has 0 radical (unpaired) electrons. The zero-order chi connectivity index (χ0) is 16.4. The predicted octanol–water partition coefficient (Wildman–Crippen LogP) is 1.96. The van der Waals surface area contributed by atoms with Crippen LogP contribution in [-0.2, 0) is 14.3 Å². The molecule has 2 amide bonds. The minimum absolute atomic E-state index is 0.0106. The molecule has 3 fully saturated rings. The molecule has 0 aromatic carbocycles. The Bertz CT molecular complexity index is 451. The zero-order valence-corrected chi connectivity index (χ0v) is 14.5. The normalized spacial score (nSPS) is 27.8. The molecule has 1 atom stereocenters. The smallest absolute Gasteiger partial charge is 0.225 e. The maximum atomic E-state index is 12.9. The van der Waals surface area contributed by atoms with Gasteiger partial charge < -0.3 is 15.0 Å². The summed E-state index contributed by atoms with van der Waals surface area (Å²) < 4.78 is 5.53. The van der Waals surface area contributed by atoms with Crippen molar-refractivity contribution in [1.82, 2.24) is 10.2 Å². The second-order valence-electron chi connectivity index (χ2n) is 7.89. The average Bonchev–Trinajstić information content (AvgIpc) is 3.15. The SMILES string of the molecule is CC(C)C(=O)N1CC(C(=O)NC2CCCC2)C2(CCOCC2)C1. The lowest BCUT2D eigenvalue weighted by Crippen LogP contribution is -2.46. The average molecular weight is 322 g/mol. The van der Waals surface area contributed by atoms with Gasteiger partial charge in [-0.15, -0.1) is 0 Å². The summed E-state index contributed by atoms with van der Waals surface area (Å²) in [5.41, 5.74) is -0.0779. The van der Waals surface area contributed by atoms with E-state index in [1.807, 2.05) is 18.7 Å². The summed E-state index contributed by atoms with van der Waals surface area (Å²) in [7, 11) is 0. The van der Waals surface area contributed by atoms with E-state index in [4.69, 9.17) is 4.74 Å². The summed E-state index contributed by atoms with van der Waals surface area (Å²) >= 11 is 0. The van der Waals surface area contributed by atoms with Crippen molar-refractivity contribution in [3.05, 3.63) is 0 Å². The molecule has 1 aliphatic carbocycles. The molecular weight excluding hydrogens is 292 g/mol. The standard InChI is InChI=1S/C18H30N2O3/c1-13(2)17(22)20-11-15(16(21)19-14-5-3-4-6-14)18(12-20)7-9-23-10-8-18/h13-15H,3-12H2,1-2H3,(H,19,21). The van der Waals surface area contributed by atoms with Crippen LogP contribution < -0.4 is 5.32 Å². The molecule has 1 unspecified atom stereocenters. The van der Waals surface area contributed by atoms with Crippen molar-refractivity contribution in [2.24, 2.45) is 17.3 Å². The predicted molar refractivity (Wildman–Crippen MR) is 87.8 cm³/mol. The second kappa shape index (κ2) is 6.80. The number of hydrogen-bond donors (Lipinski definition) is 1. The first-order valence-electron chi connectivity index (χ1n) is 9.19. The van der Waals surface area contributed by atoms with E-state index in [9.17, 15) is 9.59 Å². The first-order chi connectivity index (χ1) is 11.0. The third-order valence-electron chi connectivity index (χ3n) is 5.96. The van der Waals surface area contributed by atoms with Crippen LogP contribution in [0, 0.1) is 17.3 Å². The highest BCUT2D eigenvalue weighted by atomic mass is 16.5. The summed E-state index contributed by atoms with van der Waals surface area (Å²) in [4.78, 5) is 27.3. The molecular formula is C18H30N2O3. The van der Waals surface area contributed by atoms with E-state index in [-0.39, 0.29) is 29.1 Å². The molecule has 0 aromatic heterocycles. The van der Waals surface area contributed by atoms with E-state index < -0.39 is 0 Å². The fourth-order valence-electron chi connectivity index (χ4n) is 4.52. The van der Waals surface area contributed by atoms with Crippen LogP contribution in [-0.4, -0.2) is 49.1 Å². The fraction of sp³-hybridized carbons (Fsp3) is 0.889. The highest BCUT2D eigenvalue weighted by Crippen LogP contribution is 2.45. The van der Waals surface area contributed by atoms with Gasteiger partial charge in [0.15, 0.2) is 0 Å². The van der Waals surface area contributed by atoms with Crippen molar-refractivity contribution in [2.45, 2.75) is 58.4 Å². The Morgan fingerprint density at radius 3 is 2.43 bits per heavy atom. The highest BCUT2D eigenvalue weighted by Gasteiger charge is 2.52. The maximum absolute atomic E-state index is 12.9. The van der Waals surface area contributed by atoms with Gasteiger partial charge in [0.05, 0.1) is 5.92 Å². The van der Waals surface area contributed by atoms with Crippen molar-refractivity contribution in [2.75, 3.05) is 26.3 Å². The molecule has 130 valence electrons. The molecule has 3 rings (SSSR count). The molecule has 1 saturated carbocycles. The molecule has 3 aliphatic rings. The zero-order valence-electron chi connectivity index (χ0n) is 14.5. The van der Waals surface area contributed by atoms with Crippen molar-refractivity contribution in [3.63, 3.8) is 0 Å². The lowest BCUT2D eigenvalue weighted by atomic mass is 9.71. The molecule has 23 heavy (non-hydrogen) atoms. The lowest BCUT2D eigenvalue weighted by Gasteiger charge is -2.37. The topological polar surface area (TPSA) is 58.6 Å². The quantitative estimate of drug-likeness (QED) is 0.864. The van der Waals surface area contributed by atoms with Gasteiger partial charge in [-0.2, -0.15) is 0 Å². The van der Waals surface area contributed by atoms with E-state index in [0.29, 0.717) is 25.8 Å². The lowest BCUT2D eigenvalue weighted by molar-refractivity contribution is -0.134. The van der Waals surface area contributed by atoms with Crippen LogP contribution in [0.25, 0.3) is 0 Å². The number of nitrogens with zero attached hydrogens (tertiary/aromatic N) is 1. The van der Waals surface area contributed by atoms with Crippen molar-refractivity contribution in [3.8, 4) is 0 Å². The second-order valence-corrected chi connectivity index (χ2v) is 7.89. The number of carbonyl (C=O) groups excluding carboxylic acids is 2. The Morgan fingerprint density at radius 1 is 1.17 bits per heavy atom. The van der Waals surface area contributed by atoms with Gasteiger partial charge in [-0.05, 0) is 25.7 Å². The van der Waals surface area contributed by atoms with Gasteiger partial charge in [0.2, 0.25) is 11.8 Å². The van der Waals surface area contributed by atoms with Crippen LogP contribution in [0.3, 0.4) is 0 Å². The first kappa shape index (κ1) is 16.7. The van der Waals surface area contributed by atoms with Crippen molar-refractivity contribution in [1.29, 1.82) is 0 Å². The minimum atomic E-state index is -0.0779. The summed E-state index contributed by atoms with van der Waals surface area (Å²) in [5, 5.41) is 3.26. The molecule has 2 heterocycles. The number of nitrogens with one attached hydrogen (secondary N) is 1. The molecule has 1 spiro atoms. The minimum Gasteiger partial charge on any atom is -0.381 e. The molecule has 0 aromatic rings. The van der Waals surface area contributed by atoms with E-state index in [1.165, 1.54) is 12.8 Å². The van der Waals surface area contributed by atoms with Crippen LogP contribution in [0.2, 0.25) is 0 Å². The van der Waals surface area contributed by atoms with Gasteiger partial charge in [-0.1, -0.05) is 26.7 Å². The van der Waals surface area contributed by atoms with Crippen molar-refractivity contribution >= 4 is 11.8 Å². The number of carbonyl (C=O) groups is 2. The first-order valence-corrected chi connectivity index (χ1v) is 9.19. The Balaban J connectivity index is 1.74. The summed E-state index contributed by atoms with van der Waals surface area (Å²) in [6.45, 7) is 6.58. The largest absolute Gasteiger partial charge is 0.381 e. The van der Waals surface area contributed by atoms with Crippen LogP contribution in [0.5, 0.6) is 0 Å². The molecule has 0 bridgehead atoms. The Hall–Kier alpha value is -1.10. The van der Waals surface area contributed by atoms with Gasteiger partial charge in [-0.3, -0.25) is 9.59 Å². The van der Waals surface area contributed by atoms with E-state index in [0.717, 1.165) is 32.2 Å². The molecule has 2 saturated heterocycles. The van der Waals surface area contributed by atoms with E-state index >= 15 is 0 Å². The van der Waals surface area contributed by atoms with Gasteiger partial charge >= 0.3 is 0 Å². The third kappa shape index (κ3) is 3.39. The Labute approximate surface area is 139 Å². The fourth-order valence-corrected chi connectivity index (χ4v) is 4.52. The summed E-state index contributed by atoms with van der Waals surface area (Å²) in [6, 6.07) is 0.342. The molecule has 2 aliphatic heterocycles. The number of ether oxygens (including phenoxy) is 1. The van der Waals surface area contributed by atoms with Gasteiger partial charge in [0.25, 0.3) is 0 Å². The van der Waals surface area contributed by atoms with Crippen LogP contribution in [0.1, 0.15) is 52.4 Å². The number of hydrogen-bond acceptors (Lipinski definition) is 3. The van der Waals surface area contributed by atoms with Gasteiger partial charge in [0, 0.05) is 43.7 Å². The van der Waals surface area contributed by atoms with E-state index in [1.54, 1.807) is 0 Å². The number of rotatable bonds is 3. The molecule has 1 N–H and O–H groups in total.